The predicted molar refractivity (Wildman–Crippen MR) is 85.3 cm³/mol. The van der Waals surface area contributed by atoms with Crippen LogP contribution in [0.2, 0.25) is 0 Å². The molecular formula is C16H23N5O2. The zero-order valence-corrected chi connectivity index (χ0v) is 13.1. The lowest BCUT2D eigenvalue weighted by atomic mass is 10.1. The number of piperazine rings is 1. The Morgan fingerprint density at radius 3 is 2.48 bits per heavy atom. The van der Waals surface area contributed by atoms with Crippen molar-refractivity contribution in [1.82, 2.24) is 19.9 Å². The number of β-amino-alcohol motifs (C(OH)–C–C–N with tert-alkyl or cyclic N) is 1. The Morgan fingerprint density at radius 2 is 1.83 bits per heavy atom. The maximum atomic E-state index is 10.3. The third kappa shape index (κ3) is 4.35. The van der Waals surface area contributed by atoms with E-state index in [1.54, 1.807) is 0 Å². The molecule has 0 radical (unpaired) electrons. The Balaban J connectivity index is 1.45. The van der Waals surface area contributed by atoms with Crippen LogP contribution >= 0.6 is 0 Å². The number of benzene rings is 1. The van der Waals surface area contributed by atoms with Gasteiger partial charge in [-0.25, -0.2) is 0 Å². The zero-order valence-electron chi connectivity index (χ0n) is 13.1. The van der Waals surface area contributed by atoms with E-state index in [-0.39, 0.29) is 6.54 Å². The highest BCUT2D eigenvalue weighted by Gasteiger charge is 2.21. The summed E-state index contributed by atoms with van der Waals surface area (Å²) in [6.45, 7) is 5.31. The molecule has 1 fully saturated rings. The van der Waals surface area contributed by atoms with E-state index in [2.05, 4.69) is 19.9 Å². The largest absolute Gasteiger partial charge is 0.387 e. The minimum atomic E-state index is -0.438. The molecule has 7 nitrogen and oxygen atoms in total. The number of rotatable bonds is 6. The second kappa shape index (κ2) is 7.65. The van der Waals surface area contributed by atoms with Crippen molar-refractivity contribution >= 4 is 0 Å². The molecule has 1 saturated heterocycles. The third-order valence-corrected chi connectivity index (χ3v) is 4.13. The molecule has 0 spiro atoms. The van der Waals surface area contributed by atoms with Crippen LogP contribution in [-0.4, -0.2) is 57.8 Å². The first-order valence-corrected chi connectivity index (χ1v) is 7.94. The van der Waals surface area contributed by atoms with Crippen LogP contribution in [0.15, 0.2) is 34.9 Å². The van der Waals surface area contributed by atoms with E-state index in [1.807, 2.05) is 30.3 Å². The summed E-state index contributed by atoms with van der Waals surface area (Å²) < 4.78 is 5.02. The van der Waals surface area contributed by atoms with Crippen LogP contribution in [0.5, 0.6) is 0 Å². The van der Waals surface area contributed by atoms with E-state index in [4.69, 9.17) is 10.3 Å². The van der Waals surface area contributed by atoms with Crippen LogP contribution in [0.25, 0.3) is 0 Å². The number of aliphatic hydroxyl groups is 1. The molecule has 0 amide bonds. The molecule has 0 saturated carbocycles. The first-order valence-electron chi connectivity index (χ1n) is 7.94. The van der Waals surface area contributed by atoms with Gasteiger partial charge < -0.3 is 15.4 Å². The smallest absolute Gasteiger partial charge is 0.240 e. The fraction of sp³-hybridized carbons (Fsp3) is 0.500. The fourth-order valence-corrected chi connectivity index (χ4v) is 2.79. The fourth-order valence-electron chi connectivity index (χ4n) is 2.79. The van der Waals surface area contributed by atoms with Crippen LogP contribution in [-0.2, 0) is 13.1 Å². The molecule has 0 bridgehead atoms. The molecule has 23 heavy (non-hydrogen) atoms. The molecule has 2 aromatic rings. The van der Waals surface area contributed by atoms with E-state index >= 15 is 0 Å². The topological polar surface area (TPSA) is 91.7 Å². The SMILES string of the molecule is NCc1nc(CN2CCN(CC(O)c3ccccc3)CC2)no1. The van der Waals surface area contributed by atoms with Gasteiger partial charge in [-0.3, -0.25) is 9.80 Å². The maximum Gasteiger partial charge on any atom is 0.240 e. The minimum absolute atomic E-state index is 0.276. The molecule has 3 rings (SSSR count). The Kier molecular flexibility index (Phi) is 5.35. The molecular weight excluding hydrogens is 294 g/mol. The summed E-state index contributed by atoms with van der Waals surface area (Å²) in [6.07, 6.45) is -0.438. The molecule has 3 N–H and O–H groups in total. The van der Waals surface area contributed by atoms with Gasteiger partial charge in [-0.2, -0.15) is 4.98 Å². The van der Waals surface area contributed by atoms with Crippen molar-refractivity contribution in [3.05, 3.63) is 47.6 Å². The molecule has 1 unspecified atom stereocenters. The molecule has 7 heteroatoms. The summed E-state index contributed by atoms with van der Waals surface area (Å²) in [6, 6.07) is 9.80. The van der Waals surface area contributed by atoms with E-state index in [9.17, 15) is 5.11 Å². The number of hydrogen-bond donors (Lipinski definition) is 2. The standard InChI is InChI=1S/C16H23N5O2/c17-10-16-18-15(19-23-16)12-21-8-6-20(7-9-21)11-14(22)13-4-2-1-3-5-13/h1-5,14,22H,6-12,17H2. The van der Waals surface area contributed by atoms with Crippen molar-refractivity contribution in [3.8, 4) is 0 Å². The van der Waals surface area contributed by atoms with Crippen LogP contribution in [0.1, 0.15) is 23.4 Å². The van der Waals surface area contributed by atoms with Crippen LogP contribution < -0.4 is 5.73 Å². The van der Waals surface area contributed by atoms with E-state index in [0.717, 1.165) is 31.7 Å². The van der Waals surface area contributed by atoms with Gasteiger partial charge in [-0.15, -0.1) is 0 Å². The van der Waals surface area contributed by atoms with E-state index in [0.29, 0.717) is 24.8 Å². The number of aliphatic hydroxyl groups excluding tert-OH is 1. The summed E-state index contributed by atoms with van der Waals surface area (Å²) in [5.41, 5.74) is 6.44. The van der Waals surface area contributed by atoms with Crippen molar-refractivity contribution in [2.24, 2.45) is 5.73 Å². The number of aromatic nitrogens is 2. The van der Waals surface area contributed by atoms with E-state index < -0.39 is 6.10 Å². The summed E-state index contributed by atoms with van der Waals surface area (Å²) in [4.78, 5) is 8.81. The number of nitrogens with zero attached hydrogens (tertiary/aromatic N) is 4. The highest BCUT2D eigenvalue weighted by atomic mass is 16.5. The summed E-state index contributed by atoms with van der Waals surface area (Å²) in [5, 5.41) is 14.2. The van der Waals surface area contributed by atoms with Crippen LogP contribution in [0.4, 0.5) is 0 Å². The molecule has 0 aliphatic carbocycles. The van der Waals surface area contributed by atoms with Crippen molar-refractivity contribution < 1.29 is 9.63 Å². The van der Waals surface area contributed by atoms with Crippen LogP contribution in [0, 0.1) is 0 Å². The quantitative estimate of drug-likeness (QED) is 0.796. The van der Waals surface area contributed by atoms with Gasteiger partial charge in [0.15, 0.2) is 5.82 Å². The number of hydrogen-bond acceptors (Lipinski definition) is 7. The van der Waals surface area contributed by atoms with Crippen molar-refractivity contribution in [1.29, 1.82) is 0 Å². The summed E-state index contributed by atoms with van der Waals surface area (Å²) in [5.74, 6) is 1.16. The zero-order chi connectivity index (χ0) is 16.1. The monoisotopic (exact) mass is 317 g/mol. The minimum Gasteiger partial charge on any atom is -0.387 e. The van der Waals surface area contributed by atoms with Gasteiger partial charge >= 0.3 is 0 Å². The first-order chi connectivity index (χ1) is 11.2. The normalized spacial score (nSPS) is 18.2. The summed E-state index contributed by atoms with van der Waals surface area (Å²) >= 11 is 0. The number of nitrogens with two attached hydrogens (primary N) is 1. The van der Waals surface area contributed by atoms with Crippen LogP contribution in [0.3, 0.4) is 0 Å². The van der Waals surface area contributed by atoms with Crippen molar-refractivity contribution in [3.63, 3.8) is 0 Å². The Hall–Kier alpha value is -1.80. The Morgan fingerprint density at radius 1 is 1.13 bits per heavy atom. The third-order valence-electron chi connectivity index (χ3n) is 4.13. The molecule has 2 heterocycles. The highest BCUT2D eigenvalue weighted by molar-refractivity contribution is 5.17. The molecule has 124 valence electrons. The van der Waals surface area contributed by atoms with Gasteiger partial charge in [0.1, 0.15) is 0 Å². The first kappa shape index (κ1) is 16.1. The second-order valence-corrected chi connectivity index (χ2v) is 5.81. The van der Waals surface area contributed by atoms with Gasteiger partial charge in [-0.1, -0.05) is 35.5 Å². The molecule has 1 aromatic carbocycles. The molecule has 1 aliphatic rings. The Labute approximate surface area is 135 Å². The molecule has 1 aliphatic heterocycles. The lowest BCUT2D eigenvalue weighted by molar-refractivity contribution is 0.0690. The van der Waals surface area contributed by atoms with Gasteiger partial charge in [0.2, 0.25) is 5.89 Å². The Bertz CT molecular complexity index is 596. The molecule has 1 atom stereocenters. The van der Waals surface area contributed by atoms with Gasteiger partial charge in [0, 0.05) is 32.7 Å². The lowest BCUT2D eigenvalue weighted by Gasteiger charge is -2.35. The highest BCUT2D eigenvalue weighted by Crippen LogP contribution is 2.15. The van der Waals surface area contributed by atoms with Gasteiger partial charge in [-0.05, 0) is 5.56 Å². The van der Waals surface area contributed by atoms with Crippen molar-refractivity contribution in [2.75, 3.05) is 32.7 Å². The lowest BCUT2D eigenvalue weighted by Crippen LogP contribution is -2.47. The van der Waals surface area contributed by atoms with Gasteiger partial charge in [0.05, 0.1) is 19.2 Å². The second-order valence-electron chi connectivity index (χ2n) is 5.81. The maximum absolute atomic E-state index is 10.3. The predicted octanol–water partition coefficient (Wildman–Crippen LogP) is 0.379. The molecule has 1 aromatic heterocycles. The average Bonchev–Trinajstić information content (AvgIpc) is 3.05. The van der Waals surface area contributed by atoms with E-state index in [1.165, 1.54) is 0 Å². The average molecular weight is 317 g/mol. The summed E-state index contributed by atoms with van der Waals surface area (Å²) in [7, 11) is 0. The van der Waals surface area contributed by atoms with Gasteiger partial charge in [0.25, 0.3) is 0 Å². The van der Waals surface area contributed by atoms with Crippen molar-refractivity contribution in [2.45, 2.75) is 19.2 Å².